The molecular weight excluding hydrogens is 360 g/mol. The molecule has 1 aromatic heterocycles. The van der Waals surface area contributed by atoms with E-state index in [1.165, 1.54) is 6.20 Å². The minimum Gasteiger partial charge on any atom is -0.497 e. The number of rotatable bonds is 2. The van der Waals surface area contributed by atoms with E-state index in [-0.39, 0.29) is 11.8 Å². The number of likely N-dealkylation sites (tertiary alicyclic amines) is 1. The Morgan fingerprint density at radius 3 is 2.93 bits per heavy atom. The number of ether oxygens (including phenoxy) is 2. The van der Waals surface area contributed by atoms with Gasteiger partial charge < -0.3 is 19.7 Å². The fourth-order valence-electron chi connectivity index (χ4n) is 3.67. The number of amides is 2. The molecule has 3 heterocycles. The second-order valence-corrected chi connectivity index (χ2v) is 7.20. The lowest BCUT2D eigenvalue weighted by Gasteiger charge is -2.41. The summed E-state index contributed by atoms with van der Waals surface area (Å²) in [5.74, 6) is 0.708. The van der Waals surface area contributed by atoms with Crippen LogP contribution in [-0.4, -0.2) is 59.0 Å². The molecule has 1 unspecified atom stereocenters. The fraction of sp³-hybridized carbons (Fsp3) is 0.400. The molecule has 146 valence electrons. The molecular formula is C20H22N4O4. The van der Waals surface area contributed by atoms with Gasteiger partial charge in [-0.1, -0.05) is 0 Å². The van der Waals surface area contributed by atoms with E-state index in [2.05, 4.69) is 15.3 Å². The smallest absolute Gasteiger partial charge is 0.274 e. The Bertz CT molecular complexity index is 915. The van der Waals surface area contributed by atoms with Gasteiger partial charge in [-0.25, -0.2) is 4.98 Å². The molecule has 0 saturated carbocycles. The number of aromatic nitrogens is 2. The highest BCUT2D eigenvalue weighted by atomic mass is 16.5. The van der Waals surface area contributed by atoms with Gasteiger partial charge in [0.15, 0.2) is 0 Å². The van der Waals surface area contributed by atoms with Crippen LogP contribution in [-0.2, 0) is 0 Å². The topological polar surface area (TPSA) is 93.7 Å². The first-order chi connectivity index (χ1) is 13.5. The lowest BCUT2D eigenvalue weighted by atomic mass is 9.92. The summed E-state index contributed by atoms with van der Waals surface area (Å²) >= 11 is 0. The first-order valence-corrected chi connectivity index (χ1v) is 9.23. The number of hydrogen-bond acceptors (Lipinski definition) is 6. The third-order valence-electron chi connectivity index (χ3n) is 5.16. The number of benzene rings is 1. The van der Waals surface area contributed by atoms with Crippen LogP contribution >= 0.6 is 0 Å². The quantitative estimate of drug-likeness (QED) is 0.848. The van der Waals surface area contributed by atoms with Crippen LogP contribution in [0, 0.1) is 6.92 Å². The van der Waals surface area contributed by atoms with Crippen molar-refractivity contribution in [3.8, 4) is 11.5 Å². The van der Waals surface area contributed by atoms with Crippen molar-refractivity contribution in [1.29, 1.82) is 0 Å². The van der Waals surface area contributed by atoms with Gasteiger partial charge in [0, 0.05) is 18.8 Å². The van der Waals surface area contributed by atoms with Crippen LogP contribution in [0.5, 0.6) is 11.5 Å². The minimum atomic E-state index is -0.695. The van der Waals surface area contributed by atoms with Crippen LogP contribution in [0.3, 0.4) is 0 Å². The molecule has 8 heteroatoms. The Balaban J connectivity index is 1.61. The summed E-state index contributed by atoms with van der Waals surface area (Å²) in [5, 5.41) is 2.93. The first kappa shape index (κ1) is 18.2. The van der Waals surface area contributed by atoms with Gasteiger partial charge in [0.25, 0.3) is 11.8 Å². The number of carbonyl (C=O) groups is 2. The second kappa shape index (κ2) is 7.10. The third kappa shape index (κ3) is 3.37. The molecule has 8 nitrogen and oxygen atoms in total. The van der Waals surface area contributed by atoms with Crippen molar-refractivity contribution in [3.63, 3.8) is 0 Å². The largest absolute Gasteiger partial charge is 0.497 e. The molecule has 1 spiro atoms. The maximum absolute atomic E-state index is 12.9. The molecule has 0 bridgehead atoms. The van der Waals surface area contributed by atoms with E-state index < -0.39 is 5.60 Å². The SMILES string of the molecule is COc1ccc2c(c1)OC1(CCCN(C(=O)c3cnc(C)cn3)C1)CNC2=O. The molecule has 28 heavy (non-hydrogen) atoms. The molecule has 2 aromatic rings. The van der Waals surface area contributed by atoms with Crippen molar-refractivity contribution in [2.75, 3.05) is 26.7 Å². The number of aryl methyl sites for hydroxylation is 1. The molecule has 2 amide bonds. The summed E-state index contributed by atoms with van der Waals surface area (Å²) in [4.78, 5) is 35.4. The van der Waals surface area contributed by atoms with Crippen LogP contribution in [0.2, 0.25) is 0 Å². The number of nitrogens with zero attached hydrogens (tertiary/aromatic N) is 3. The number of piperidine rings is 1. The van der Waals surface area contributed by atoms with E-state index in [9.17, 15) is 9.59 Å². The van der Waals surface area contributed by atoms with Gasteiger partial charge in [-0.05, 0) is 31.9 Å². The molecule has 1 aromatic carbocycles. The monoisotopic (exact) mass is 382 g/mol. The fourth-order valence-corrected chi connectivity index (χ4v) is 3.67. The zero-order valence-electron chi connectivity index (χ0n) is 15.9. The Kier molecular flexibility index (Phi) is 4.62. The van der Waals surface area contributed by atoms with Gasteiger partial charge in [-0.15, -0.1) is 0 Å². The number of methoxy groups -OCH3 is 1. The summed E-state index contributed by atoms with van der Waals surface area (Å²) in [6.07, 6.45) is 4.57. The molecule has 0 radical (unpaired) electrons. The predicted octanol–water partition coefficient (Wildman–Crippen LogP) is 1.59. The summed E-state index contributed by atoms with van der Waals surface area (Å²) in [5.41, 5.74) is 0.833. The highest BCUT2D eigenvalue weighted by Crippen LogP contribution is 2.34. The molecule has 4 rings (SSSR count). The van der Waals surface area contributed by atoms with Gasteiger partial charge in [-0.3, -0.25) is 14.6 Å². The van der Waals surface area contributed by atoms with E-state index >= 15 is 0 Å². The molecule has 1 fully saturated rings. The Hall–Kier alpha value is -3.16. The molecule has 2 aliphatic heterocycles. The highest BCUT2D eigenvalue weighted by molar-refractivity contribution is 5.97. The van der Waals surface area contributed by atoms with Crippen LogP contribution < -0.4 is 14.8 Å². The second-order valence-electron chi connectivity index (χ2n) is 7.20. The summed E-state index contributed by atoms with van der Waals surface area (Å²) < 4.78 is 11.6. The Morgan fingerprint density at radius 2 is 2.18 bits per heavy atom. The summed E-state index contributed by atoms with van der Waals surface area (Å²) in [7, 11) is 1.57. The first-order valence-electron chi connectivity index (χ1n) is 9.23. The minimum absolute atomic E-state index is 0.184. The number of carbonyl (C=O) groups excluding carboxylic acids is 2. The van der Waals surface area contributed by atoms with E-state index in [1.54, 1.807) is 36.4 Å². The van der Waals surface area contributed by atoms with Gasteiger partial charge >= 0.3 is 0 Å². The van der Waals surface area contributed by atoms with E-state index in [1.807, 2.05) is 6.92 Å². The van der Waals surface area contributed by atoms with Crippen LogP contribution in [0.1, 0.15) is 39.4 Å². The molecule has 1 N–H and O–H groups in total. The van der Waals surface area contributed by atoms with Crippen molar-refractivity contribution < 1.29 is 19.1 Å². The highest BCUT2D eigenvalue weighted by Gasteiger charge is 2.42. The van der Waals surface area contributed by atoms with Crippen LogP contribution in [0.25, 0.3) is 0 Å². The number of hydrogen-bond donors (Lipinski definition) is 1. The average Bonchev–Trinajstić information content (AvgIpc) is 2.84. The number of fused-ring (bicyclic) bond motifs is 1. The van der Waals surface area contributed by atoms with Crippen molar-refractivity contribution in [2.45, 2.75) is 25.4 Å². The van der Waals surface area contributed by atoms with Crippen LogP contribution in [0.4, 0.5) is 0 Å². The van der Waals surface area contributed by atoms with Gasteiger partial charge in [-0.2, -0.15) is 0 Å². The third-order valence-corrected chi connectivity index (χ3v) is 5.16. The average molecular weight is 382 g/mol. The maximum Gasteiger partial charge on any atom is 0.274 e. The molecule has 0 aliphatic carbocycles. The normalized spacial score (nSPS) is 21.4. The van der Waals surface area contributed by atoms with Crippen molar-refractivity contribution in [2.24, 2.45) is 0 Å². The number of nitrogens with one attached hydrogen (secondary N) is 1. The summed E-state index contributed by atoms with van der Waals surface area (Å²) in [6.45, 7) is 3.12. The molecule has 1 saturated heterocycles. The maximum atomic E-state index is 12.9. The van der Waals surface area contributed by atoms with E-state index in [4.69, 9.17) is 9.47 Å². The lowest BCUT2D eigenvalue weighted by Crippen LogP contribution is -2.58. The van der Waals surface area contributed by atoms with E-state index in [0.717, 1.165) is 18.5 Å². The Labute approximate surface area is 162 Å². The molecule has 1 atom stereocenters. The van der Waals surface area contributed by atoms with Crippen molar-refractivity contribution in [3.05, 3.63) is 47.5 Å². The van der Waals surface area contributed by atoms with Crippen molar-refractivity contribution in [1.82, 2.24) is 20.2 Å². The summed E-state index contributed by atoms with van der Waals surface area (Å²) in [6, 6.07) is 5.14. The Morgan fingerprint density at radius 1 is 1.32 bits per heavy atom. The molecule has 2 aliphatic rings. The zero-order valence-corrected chi connectivity index (χ0v) is 15.9. The van der Waals surface area contributed by atoms with Gasteiger partial charge in [0.2, 0.25) is 0 Å². The van der Waals surface area contributed by atoms with E-state index in [0.29, 0.717) is 42.4 Å². The van der Waals surface area contributed by atoms with Gasteiger partial charge in [0.05, 0.1) is 37.7 Å². The van der Waals surface area contributed by atoms with Gasteiger partial charge in [0.1, 0.15) is 22.8 Å². The predicted molar refractivity (Wildman–Crippen MR) is 101 cm³/mol. The van der Waals surface area contributed by atoms with Crippen LogP contribution in [0.15, 0.2) is 30.6 Å². The lowest BCUT2D eigenvalue weighted by molar-refractivity contribution is -0.00120. The van der Waals surface area contributed by atoms with Crippen molar-refractivity contribution >= 4 is 11.8 Å². The zero-order chi connectivity index (χ0) is 19.7. The standard InChI is InChI=1S/C20H22N4O4/c1-13-9-22-16(10-21-13)19(26)24-7-3-6-20(12-24)11-23-18(25)15-5-4-14(27-2)8-17(15)28-20/h4-5,8-10H,3,6-7,11-12H2,1-2H3,(H,23,25).